The Morgan fingerprint density at radius 2 is 1.68 bits per heavy atom. The van der Waals surface area contributed by atoms with E-state index in [0.29, 0.717) is 57.0 Å². The molecule has 11 heteroatoms. The highest BCUT2D eigenvalue weighted by molar-refractivity contribution is 5.90. The first-order valence-corrected chi connectivity index (χ1v) is 11.2. The zero-order valence-electron chi connectivity index (χ0n) is 20.7. The molecule has 10 nitrogen and oxygen atoms in total. The van der Waals surface area contributed by atoms with E-state index in [0.717, 1.165) is 5.69 Å². The number of fused-ring (bicyclic) bond motifs is 1. The third kappa shape index (κ3) is 4.42. The van der Waals surface area contributed by atoms with E-state index in [9.17, 15) is 4.39 Å². The van der Waals surface area contributed by atoms with Crippen LogP contribution in [0.2, 0.25) is 0 Å². The summed E-state index contributed by atoms with van der Waals surface area (Å²) in [6, 6.07) is 9.66. The van der Waals surface area contributed by atoms with Crippen LogP contribution in [0.15, 0.2) is 61.7 Å². The molecule has 0 spiro atoms. The normalized spacial score (nSPS) is 10.9. The maximum Gasteiger partial charge on any atom is 0.203 e. The van der Waals surface area contributed by atoms with Crippen molar-refractivity contribution in [2.75, 3.05) is 26.6 Å². The Hall–Kier alpha value is -4.93. The van der Waals surface area contributed by atoms with Crippen molar-refractivity contribution < 1.29 is 18.6 Å². The van der Waals surface area contributed by atoms with Crippen molar-refractivity contribution >= 4 is 28.2 Å². The Balaban J connectivity index is 1.54. The largest absolute Gasteiger partial charge is 0.493 e. The predicted molar refractivity (Wildman–Crippen MR) is 138 cm³/mol. The zero-order chi connectivity index (χ0) is 26.1. The van der Waals surface area contributed by atoms with Crippen molar-refractivity contribution in [1.29, 1.82) is 0 Å². The minimum absolute atomic E-state index is 0.331. The summed E-state index contributed by atoms with van der Waals surface area (Å²) >= 11 is 0. The first-order valence-electron chi connectivity index (χ1n) is 11.2. The van der Waals surface area contributed by atoms with Crippen LogP contribution in [0.4, 0.5) is 16.0 Å². The number of ether oxygens (including phenoxy) is 3. The molecule has 5 aromatic rings. The predicted octanol–water partition coefficient (Wildman–Crippen LogP) is 4.94. The molecule has 5 rings (SSSR count). The fourth-order valence-electron chi connectivity index (χ4n) is 3.83. The van der Waals surface area contributed by atoms with Gasteiger partial charge in [-0.05, 0) is 36.8 Å². The number of hydrogen-bond donors (Lipinski definition) is 1. The van der Waals surface area contributed by atoms with Gasteiger partial charge in [-0.1, -0.05) is 6.58 Å². The van der Waals surface area contributed by atoms with Gasteiger partial charge in [0.05, 0.1) is 50.5 Å². The van der Waals surface area contributed by atoms with E-state index in [1.165, 1.54) is 12.1 Å². The van der Waals surface area contributed by atoms with Crippen LogP contribution in [0.25, 0.3) is 28.0 Å². The molecule has 188 valence electrons. The number of rotatable bonds is 8. The fourth-order valence-corrected chi connectivity index (χ4v) is 3.83. The molecule has 0 radical (unpaired) electrons. The van der Waals surface area contributed by atoms with E-state index in [1.807, 2.05) is 23.6 Å². The van der Waals surface area contributed by atoms with Gasteiger partial charge in [0.2, 0.25) is 5.75 Å². The lowest BCUT2D eigenvalue weighted by atomic mass is 10.2. The molecule has 0 saturated carbocycles. The maximum atomic E-state index is 13.5. The molecule has 0 unspecified atom stereocenters. The lowest BCUT2D eigenvalue weighted by molar-refractivity contribution is 0.324. The van der Waals surface area contributed by atoms with Crippen LogP contribution in [0.3, 0.4) is 0 Å². The van der Waals surface area contributed by atoms with Crippen LogP contribution < -0.4 is 19.5 Å². The molecule has 0 saturated heterocycles. The number of hydrogen-bond acceptors (Lipinski definition) is 8. The minimum atomic E-state index is -0.331. The van der Waals surface area contributed by atoms with Crippen LogP contribution in [0.1, 0.15) is 12.7 Å². The zero-order valence-corrected chi connectivity index (χ0v) is 20.7. The Bertz CT molecular complexity index is 1580. The smallest absolute Gasteiger partial charge is 0.203 e. The van der Waals surface area contributed by atoms with Crippen molar-refractivity contribution in [3.63, 3.8) is 0 Å². The van der Waals surface area contributed by atoms with E-state index in [4.69, 9.17) is 14.2 Å². The molecule has 3 heterocycles. The first-order chi connectivity index (χ1) is 17.9. The van der Waals surface area contributed by atoms with Crippen molar-refractivity contribution in [2.24, 2.45) is 0 Å². The molecule has 0 aliphatic heterocycles. The molecule has 0 fully saturated rings. The third-order valence-electron chi connectivity index (χ3n) is 5.66. The monoisotopic (exact) mass is 501 g/mol. The van der Waals surface area contributed by atoms with Crippen LogP contribution in [0.5, 0.6) is 17.2 Å². The number of nitrogens with zero attached hydrogens (tertiary/aromatic N) is 6. The fraction of sp³-hybridized carbons (Fsp3) is 0.154. The van der Waals surface area contributed by atoms with Crippen LogP contribution in [-0.4, -0.2) is 50.6 Å². The second-order valence-electron chi connectivity index (χ2n) is 8.12. The highest BCUT2D eigenvalue weighted by Crippen LogP contribution is 2.39. The number of methoxy groups -OCH3 is 3. The van der Waals surface area contributed by atoms with Crippen molar-refractivity contribution in [3.8, 4) is 28.6 Å². The SMILES string of the molecule is C=C(C)c1nc(Nc2cn(-c3cc(OC)c(OC)c(OC)c3)cn2)c2cnn(-c3ccc(F)cc3)c2n1. The molecule has 0 amide bonds. The van der Waals surface area contributed by atoms with Crippen LogP contribution in [0, 0.1) is 5.82 Å². The summed E-state index contributed by atoms with van der Waals surface area (Å²) in [5.74, 6) is 2.71. The van der Waals surface area contributed by atoms with Crippen molar-refractivity contribution in [1.82, 2.24) is 29.3 Å². The van der Waals surface area contributed by atoms with E-state index >= 15 is 0 Å². The molecule has 2 aromatic carbocycles. The average Bonchev–Trinajstić information content (AvgIpc) is 3.55. The van der Waals surface area contributed by atoms with Gasteiger partial charge in [0.1, 0.15) is 23.8 Å². The summed E-state index contributed by atoms with van der Waals surface area (Å²) in [4.78, 5) is 13.8. The van der Waals surface area contributed by atoms with Gasteiger partial charge in [0.25, 0.3) is 0 Å². The van der Waals surface area contributed by atoms with Crippen molar-refractivity contribution in [2.45, 2.75) is 6.92 Å². The lowest BCUT2D eigenvalue weighted by Crippen LogP contribution is -2.03. The molecule has 3 aromatic heterocycles. The Morgan fingerprint density at radius 3 is 2.30 bits per heavy atom. The topological polar surface area (TPSA) is 101 Å². The van der Waals surface area contributed by atoms with Crippen LogP contribution >= 0.6 is 0 Å². The second kappa shape index (κ2) is 9.61. The minimum Gasteiger partial charge on any atom is -0.493 e. The number of anilines is 2. The highest BCUT2D eigenvalue weighted by atomic mass is 19.1. The van der Waals surface area contributed by atoms with Gasteiger partial charge in [-0.15, -0.1) is 0 Å². The number of nitrogens with one attached hydrogen (secondary N) is 1. The highest BCUT2D eigenvalue weighted by Gasteiger charge is 2.17. The molecular weight excluding hydrogens is 477 g/mol. The van der Waals surface area contributed by atoms with Crippen LogP contribution in [-0.2, 0) is 0 Å². The summed E-state index contributed by atoms with van der Waals surface area (Å²) in [6.07, 6.45) is 5.11. The number of allylic oxidation sites excluding steroid dienone is 1. The molecule has 0 aliphatic carbocycles. The lowest BCUT2D eigenvalue weighted by Gasteiger charge is -2.14. The molecule has 37 heavy (non-hydrogen) atoms. The quantitative estimate of drug-likeness (QED) is 0.319. The summed E-state index contributed by atoms with van der Waals surface area (Å²) in [5, 5.41) is 8.39. The Labute approximate surface area is 212 Å². The standard InChI is InChI=1S/C26H24FN7O3/c1-15(2)24-31-25(19-12-29-34(26(19)32-24)17-8-6-16(27)7-9-17)30-22-13-33(14-28-22)18-10-20(35-3)23(37-5)21(11-18)36-4/h6-14H,1H2,2-5H3,(H,30,31,32). The Kier molecular flexibility index (Phi) is 6.18. The molecular formula is C26H24FN7O3. The summed E-state index contributed by atoms with van der Waals surface area (Å²) in [7, 11) is 4.68. The van der Waals surface area contributed by atoms with Gasteiger partial charge in [-0.25, -0.2) is 24.0 Å². The molecule has 0 bridgehead atoms. The number of imidazole rings is 1. The molecule has 1 N–H and O–H groups in total. The maximum absolute atomic E-state index is 13.5. The second-order valence-corrected chi connectivity index (χ2v) is 8.12. The van der Waals surface area contributed by atoms with Gasteiger partial charge in [0, 0.05) is 12.1 Å². The van der Waals surface area contributed by atoms with Crippen molar-refractivity contribution in [3.05, 3.63) is 73.3 Å². The molecule has 0 aliphatic rings. The van der Waals surface area contributed by atoms with Gasteiger partial charge >= 0.3 is 0 Å². The average molecular weight is 502 g/mol. The third-order valence-corrected chi connectivity index (χ3v) is 5.66. The van der Waals surface area contributed by atoms with Gasteiger partial charge < -0.3 is 24.1 Å². The van der Waals surface area contributed by atoms with E-state index in [2.05, 4.69) is 31.9 Å². The number of halogens is 1. The summed E-state index contributed by atoms with van der Waals surface area (Å²) < 4.78 is 33.2. The first kappa shape index (κ1) is 23.8. The van der Waals surface area contributed by atoms with E-state index < -0.39 is 0 Å². The van der Waals surface area contributed by atoms with Gasteiger partial charge in [-0.3, -0.25) is 0 Å². The van der Waals surface area contributed by atoms with Gasteiger partial charge in [-0.2, -0.15) is 5.10 Å². The number of benzene rings is 2. The number of aromatic nitrogens is 6. The summed E-state index contributed by atoms with van der Waals surface area (Å²) in [6.45, 7) is 5.81. The molecule has 0 atom stereocenters. The van der Waals surface area contributed by atoms with E-state index in [-0.39, 0.29) is 5.82 Å². The Morgan fingerprint density at radius 1 is 0.973 bits per heavy atom. The van der Waals surface area contributed by atoms with E-state index in [1.54, 1.807) is 56.9 Å². The summed E-state index contributed by atoms with van der Waals surface area (Å²) in [5.41, 5.74) is 2.65. The van der Waals surface area contributed by atoms with Gasteiger partial charge in [0.15, 0.2) is 23.0 Å².